The Morgan fingerprint density at radius 2 is 1.50 bits per heavy atom. The van der Waals surface area contributed by atoms with Crippen molar-refractivity contribution in [1.82, 2.24) is 0 Å². The Labute approximate surface area is 107 Å². The number of para-hydroxylation sites is 1. The summed E-state index contributed by atoms with van der Waals surface area (Å²) in [5.74, 6) is 0. The van der Waals surface area contributed by atoms with Gasteiger partial charge in [0.15, 0.2) is 0 Å². The Kier molecular flexibility index (Phi) is 2.60. The van der Waals surface area contributed by atoms with Crippen LogP contribution in [0.3, 0.4) is 0 Å². The molecule has 3 rings (SSSR count). The minimum absolute atomic E-state index is 1.17. The van der Waals surface area contributed by atoms with E-state index in [0.29, 0.717) is 0 Å². The third-order valence-electron chi connectivity index (χ3n) is 3.19. The standard InChI is InChI=1S/C17H15N/c1-12-9-13(2)11-15(10-12)17-8-7-14-5-3-4-6-16(14)18-17/h3-11H,1-2H3/p+1. The lowest BCUT2D eigenvalue weighted by Crippen LogP contribution is -2.07. The average molecular weight is 234 g/mol. The molecule has 0 atom stereocenters. The number of rotatable bonds is 1. The Balaban J connectivity index is 2.19. The maximum Gasteiger partial charge on any atom is 0.211 e. The van der Waals surface area contributed by atoms with Gasteiger partial charge in [-0.1, -0.05) is 29.3 Å². The summed E-state index contributed by atoms with van der Waals surface area (Å²) in [5, 5.41) is 1.24. The third kappa shape index (κ3) is 2.00. The molecule has 0 saturated heterocycles. The van der Waals surface area contributed by atoms with Crippen molar-refractivity contribution in [2.24, 2.45) is 0 Å². The first-order valence-corrected chi connectivity index (χ1v) is 6.22. The first-order chi connectivity index (χ1) is 8.72. The number of aromatic amines is 1. The predicted molar refractivity (Wildman–Crippen MR) is 75.4 cm³/mol. The average Bonchev–Trinajstić information content (AvgIpc) is 2.37. The van der Waals surface area contributed by atoms with Crippen LogP contribution in [-0.2, 0) is 0 Å². The Bertz CT molecular complexity index is 693. The number of benzene rings is 2. The minimum Gasteiger partial charge on any atom is -0.204 e. The molecule has 0 saturated carbocycles. The van der Waals surface area contributed by atoms with Gasteiger partial charge in [0, 0.05) is 23.1 Å². The molecule has 3 aromatic rings. The Hall–Kier alpha value is -2.15. The van der Waals surface area contributed by atoms with Crippen LogP contribution in [0.5, 0.6) is 0 Å². The highest BCUT2D eigenvalue weighted by Gasteiger charge is 2.08. The highest BCUT2D eigenvalue weighted by molar-refractivity contribution is 5.77. The fourth-order valence-corrected chi connectivity index (χ4v) is 2.41. The van der Waals surface area contributed by atoms with Gasteiger partial charge in [0.2, 0.25) is 11.2 Å². The topological polar surface area (TPSA) is 14.1 Å². The van der Waals surface area contributed by atoms with Gasteiger partial charge in [-0.3, -0.25) is 0 Å². The SMILES string of the molecule is Cc1cc(C)cc(-c2ccc3ccccc3[nH+]2)c1. The van der Waals surface area contributed by atoms with E-state index in [1.807, 2.05) is 0 Å². The smallest absolute Gasteiger partial charge is 0.204 e. The highest BCUT2D eigenvalue weighted by atomic mass is 14.7. The molecule has 1 heterocycles. The number of aryl methyl sites for hydroxylation is 2. The van der Waals surface area contributed by atoms with Crippen molar-refractivity contribution >= 4 is 10.9 Å². The van der Waals surface area contributed by atoms with E-state index in [4.69, 9.17) is 0 Å². The molecule has 0 aliphatic rings. The normalized spacial score (nSPS) is 10.8. The molecule has 0 fully saturated rings. The number of H-pyrrole nitrogens is 1. The van der Waals surface area contributed by atoms with Crippen LogP contribution in [0.4, 0.5) is 0 Å². The van der Waals surface area contributed by atoms with Crippen LogP contribution < -0.4 is 4.98 Å². The number of aromatic nitrogens is 1. The third-order valence-corrected chi connectivity index (χ3v) is 3.19. The lowest BCUT2D eigenvalue weighted by molar-refractivity contribution is -0.331. The van der Waals surface area contributed by atoms with E-state index in [2.05, 4.69) is 73.4 Å². The van der Waals surface area contributed by atoms with Crippen LogP contribution in [-0.4, -0.2) is 0 Å². The van der Waals surface area contributed by atoms with Crippen molar-refractivity contribution in [2.45, 2.75) is 13.8 Å². The molecule has 2 aromatic carbocycles. The molecule has 1 aromatic heterocycles. The maximum absolute atomic E-state index is 3.50. The lowest BCUT2D eigenvalue weighted by Gasteiger charge is -2.01. The number of hydrogen-bond acceptors (Lipinski definition) is 0. The molecule has 18 heavy (non-hydrogen) atoms. The lowest BCUT2D eigenvalue weighted by atomic mass is 10.0. The van der Waals surface area contributed by atoms with Crippen molar-refractivity contribution < 1.29 is 4.98 Å². The van der Waals surface area contributed by atoms with E-state index in [0.717, 1.165) is 0 Å². The second-order valence-corrected chi connectivity index (χ2v) is 4.84. The van der Waals surface area contributed by atoms with E-state index >= 15 is 0 Å². The number of nitrogens with one attached hydrogen (secondary N) is 1. The molecule has 1 N–H and O–H groups in total. The summed E-state index contributed by atoms with van der Waals surface area (Å²) in [7, 11) is 0. The first kappa shape index (κ1) is 11.0. The van der Waals surface area contributed by atoms with E-state index < -0.39 is 0 Å². The van der Waals surface area contributed by atoms with Gasteiger partial charge in [-0.2, -0.15) is 0 Å². The van der Waals surface area contributed by atoms with E-state index in [1.54, 1.807) is 0 Å². The number of pyridine rings is 1. The second-order valence-electron chi connectivity index (χ2n) is 4.84. The van der Waals surface area contributed by atoms with Crippen LogP contribution in [0, 0.1) is 13.8 Å². The quantitative estimate of drug-likeness (QED) is 0.605. The fourth-order valence-electron chi connectivity index (χ4n) is 2.41. The molecule has 88 valence electrons. The van der Waals surface area contributed by atoms with Crippen molar-refractivity contribution in [2.75, 3.05) is 0 Å². The predicted octanol–water partition coefficient (Wildman–Crippen LogP) is 3.94. The largest absolute Gasteiger partial charge is 0.211 e. The number of hydrogen-bond donors (Lipinski definition) is 0. The molecule has 0 bridgehead atoms. The zero-order valence-corrected chi connectivity index (χ0v) is 10.7. The maximum atomic E-state index is 3.50. The van der Waals surface area contributed by atoms with Gasteiger partial charge < -0.3 is 0 Å². The molecule has 0 aliphatic carbocycles. The summed E-state index contributed by atoms with van der Waals surface area (Å²) >= 11 is 0. The van der Waals surface area contributed by atoms with Crippen molar-refractivity contribution in [3.63, 3.8) is 0 Å². The summed E-state index contributed by atoms with van der Waals surface area (Å²) in [6.45, 7) is 4.27. The van der Waals surface area contributed by atoms with Gasteiger partial charge in [0.25, 0.3) is 0 Å². The summed E-state index contributed by atoms with van der Waals surface area (Å²) < 4.78 is 0. The molecule has 1 heteroatoms. The van der Waals surface area contributed by atoms with Crippen LogP contribution in [0.15, 0.2) is 54.6 Å². The minimum atomic E-state index is 1.17. The zero-order chi connectivity index (χ0) is 12.5. The fraction of sp³-hybridized carbons (Fsp3) is 0.118. The van der Waals surface area contributed by atoms with Crippen LogP contribution in [0.2, 0.25) is 0 Å². The summed E-state index contributed by atoms with van der Waals surface area (Å²) in [5.41, 5.74) is 6.19. The Morgan fingerprint density at radius 1 is 0.778 bits per heavy atom. The summed E-state index contributed by atoms with van der Waals surface area (Å²) in [6, 6.07) is 19.3. The Morgan fingerprint density at radius 3 is 2.28 bits per heavy atom. The molecule has 1 nitrogen and oxygen atoms in total. The first-order valence-electron chi connectivity index (χ1n) is 6.22. The van der Waals surface area contributed by atoms with Crippen molar-refractivity contribution in [3.05, 3.63) is 65.7 Å². The molecule has 0 unspecified atom stereocenters. The summed E-state index contributed by atoms with van der Waals surface area (Å²) in [6.07, 6.45) is 0. The molecular weight excluding hydrogens is 218 g/mol. The molecule has 0 aliphatic heterocycles. The number of fused-ring (bicyclic) bond motifs is 1. The van der Waals surface area contributed by atoms with Gasteiger partial charge in [0.1, 0.15) is 0 Å². The summed E-state index contributed by atoms with van der Waals surface area (Å²) in [4.78, 5) is 3.50. The van der Waals surface area contributed by atoms with Crippen molar-refractivity contribution in [3.8, 4) is 11.3 Å². The molecule has 0 radical (unpaired) electrons. The molecule has 0 amide bonds. The van der Waals surface area contributed by atoms with Crippen LogP contribution >= 0.6 is 0 Å². The highest BCUT2D eigenvalue weighted by Crippen LogP contribution is 2.20. The van der Waals surface area contributed by atoms with Gasteiger partial charge in [-0.15, -0.1) is 0 Å². The van der Waals surface area contributed by atoms with Crippen LogP contribution in [0.1, 0.15) is 11.1 Å². The van der Waals surface area contributed by atoms with Gasteiger partial charge in [0.05, 0.1) is 0 Å². The molecule has 0 spiro atoms. The molecular formula is C17H16N+. The zero-order valence-electron chi connectivity index (χ0n) is 10.7. The van der Waals surface area contributed by atoms with E-state index in [9.17, 15) is 0 Å². The van der Waals surface area contributed by atoms with Gasteiger partial charge >= 0.3 is 0 Å². The van der Waals surface area contributed by atoms with Gasteiger partial charge in [-0.05, 0) is 38.1 Å². The van der Waals surface area contributed by atoms with Gasteiger partial charge in [-0.25, -0.2) is 4.98 Å². The van der Waals surface area contributed by atoms with Crippen molar-refractivity contribution in [1.29, 1.82) is 0 Å². The van der Waals surface area contributed by atoms with E-state index in [1.165, 1.54) is 33.3 Å². The monoisotopic (exact) mass is 234 g/mol. The van der Waals surface area contributed by atoms with E-state index in [-0.39, 0.29) is 0 Å². The van der Waals surface area contributed by atoms with Crippen LogP contribution in [0.25, 0.3) is 22.2 Å². The second kappa shape index (κ2) is 4.26.